The van der Waals surface area contributed by atoms with Crippen molar-refractivity contribution in [1.82, 2.24) is 29.5 Å². The summed E-state index contributed by atoms with van der Waals surface area (Å²) in [4.78, 5) is 27.0. The molecule has 1 saturated heterocycles. The smallest absolute Gasteiger partial charge is 0.379 e. The van der Waals surface area contributed by atoms with Gasteiger partial charge in [-0.15, -0.1) is 0 Å². The Hall–Kier alpha value is -3.28. The average Bonchev–Trinajstić information content (AvgIpc) is 3.25. The molecule has 4 heterocycles. The van der Waals surface area contributed by atoms with E-state index in [0.717, 1.165) is 19.3 Å². The number of carbonyl (C=O) groups excluding carboxylic acids is 1. The number of piperidine rings is 1. The largest absolute Gasteiger partial charge is 0.418 e. The maximum atomic E-state index is 13.7. The lowest BCUT2D eigenvalue weighted by atomic mass is 9.62. The van der Waals surface area contributed by atoms with Crippen LogP contribution in [0.4, 0.5) is 23.8 Å². The number of halogens is 3. The molecule has 2 amide bonds. The fraction of sp³-hybridized carbons (Fsp3) is 0.500. The predicted octanol–water partition coefficient (Wildman–Crippen LogP) is 4.01. The monoisotopic (exact) mass is 475 g/mol. The Balaban J connectivity index is 1.48. The third-order valence-electron chi connectivity index (χ3n) is 7.02. The summed E-state index contributed by atoms with van der Waals surface area (Å²) in [6, 6.07) is 0.854. The molecular weight excluding hydrogens is 451 g/mol. The number of ether oxygens (including phenoxy) is 1. The summed E-state index contributed by atoms with van der Waals surface area (Å²) in [6.45, 7) is 4.09. The van der Waals surface area contributed by atoms with Crippen molar-refractivity contribution in [3.8, 4) is 11.3 Å². The molecular formula is C22H24F3N7O2. The van der Waals surface area contributed by atoms with Crippen LogP contribution in [-0.2, 0) is 10.9 Å². The van der Waals surface area contributed by atoms with Crippen molar-refractivity contribution in [3.05, 3.63) is 36.5 Å². The molecule has 2 bridgehead atoms. The Morgan fingerprint density at radius 2 is 2.06 bits per heavy atom. The minimum atomic E-state index is -4.66. The van der Waals surface area contributed by atoms with E-state index in [1.165, 1.54) is 29.3 Å². The number of anilines is 1. The Morgan fingerprint density at radius 1 is 1.26 bits per heavy atom. The van der Waals surface area contributed by atoms with Crippen molar-refractivity contribution in [2.45, 2.75) is 57.0 Å². The second-order valence-corrected chi connectivity index (χ2v) is 9.13. The molecule has 9 nitrogen and oxygen atoms in total. The number of hydrogen-bond acceptors (Lipinski definition) is 6. The number of hydrogen-bond donors (Lipinski definition) is 1. The van der Waals surface area contributed by atoms with E-state index in [2.05, 4.69) is 32.3 Å². The van der Waals surface area contributed by atoms with Gasteiger partial charge in [0.2, 0.25) is 0 Å². The summed E-state index contributed by atoms with van der Waals surface area (Å²) < 4.78 is 48.1. The Kier molecular flexibility index (Phi) is 5.23. The molecule has 0 aromatic carbocycles. The van der Waals surface area contributed by atoms with Gasteiger partial charge in [0.15, 0.2) is 5.65 Å². The highest BCUT2D eigenvalue weighted by molar-refractivity contribution is 5.91. The van der Waals surface area contributed by atoms with Crippen LogP contribution in [0.1, 0.15) is 38.7 Å². The topological polar surface area (TPSA) is 97.5 Å². The maximum Gasteiger partial charge on any atom is 0.418 e. The van der Waals surface area contributed by atoms with Crippen molar-refractivity contribution < 1.29 is 22.7 Å². The van der Waals surface area contributed by atoms with Gasteiger partial charge in [-0.25, -0.2) is 19.3 Å². The van der Waals surface area contributed by atoms with Crippen molar-refractivity contribution in [2.75, 3.05) is 12.4 Å². The van der Waals surface area contributed by atoms with Gasteiger partial charge in [-0.1, -0.05) is 6.92 Å². The standard InChI is InChI=1S/C22H24F3N7O2/c1-12-4-14-7-21(6-12,13(2)34-3)32(14)20(33)30-18-5-15(16(8-27-18)22(23,24)25)17-10-31-19(9-26-17)28-11-29-31/h5,8-14H,4,6-7H2,1-3H3,(H,27,30,33)/t12-,13+,14+,21-/m0/s1. The fourth-order valence-corrected chi connectivity index (χ4v) is 5.48. The molecule has 12 heteroatoms. The summed E-state index contributed by atoms with van der Waals surface area (Å²) in [6.07, 6.45) is 2.37. The first-order chi connectivity index (χ1) is 16.1. The number of fused-ring (bicyclic) bond motifs is 3. The molecule has 0 radical (unpaired) electrons. The number of nitrogens with zero attached hydrogens (tertiary/aromatic N) is 6. The second-order valence-electron chi connectivity index (χ2n) is 9.13. The van der Waals surface area contributed by atoms with Crippen LogP contribution in [0.15, 0.2) is 31.0 Å². The molecule has 1 N–H and O–H groups in total. The normalized spacial score (nSPS) is 25.2. The summed E-state index contributed by atoms with van der Waals surface area (Å²) in [5, 5.41) is 6.66. The lowest BCUT2D eigenvalue weighted by molar-refractivity contribution is -0.155. The molecule has 4 atom stereocenters. The van der Waals surface area contributed by atoms with Crippen LogP contribution in [0, 0.1) is 5.92 Å². The van der Waals surface area contributed by atoms with Crippen LogP contribution in [0.3, 0.4) is 0 Å². The zero-order valence-electron chi connectivity index (χ0n) is 18.9. The van der Waals surface area contributed by atoms with Crippen molar-refractivity contribution in [1.29, 1.82) is 0 Å². The van der Waals surface area contributed by atoms with Crippen molar-refractivity contribution in [2.24, 2.45) is 5.92 Å². The average molecular weight is 475 g/mol. The lowest BCUT2D eigenvalue weighted by Gasteiger charge is -2.65. The number of pyridine rings is 1. The van der Waals surface area contributed by atoms with Crippen LogP contribution in [0.5, 0.6) is 0 Å². The first kappa shape index (κ1) is 22.5. The molecule has 34 heavy (non-hydrogen) atoms. The van der Waals surface area contributed by atoms with E-state index in [1.807, 2.05) is 6.92 Å². The molecule has 180 valence electrons. The quantitative estimate of drug-likeness (QED) is 0.612. The van der Waals surface area contributed by atoms with E-state index >= 15 is 0 Å². The number of aromatic nitrogens is 5. The van der Waals surface area contributed by atoms with Crippen molar-refractivity contribution >= 4 is 17.5 Å². The molecule has 3 aromatic heterocycles. The summed E-state index contributed by atoms with van der Waals surface area (Å²) >= 11 is 0. The molecule has 1 saturated carbocycles. The van der Waals surface area contributed by atoms with Crippen molar-refractivity contribution in [3.63, 3.8) is 0 Å². The number of carbonyl (C=O) groups is 1. The number of rotatable bonds is 4. The van der Waals surface area contributed by atoms with Crippen LogP contribution in [0.25, 0.3) is 16.9 Å². The molecule has 1 aliphatic carbocycles. The van der Waals surface area contributed by atoms with Gasteiger partial charge in [0.1, 0.15) is 12.1 Å². The SMILES string of the molecule is CO[C@H](C)[C@]12C[C@@H](C)C[C@H](C1)N2C(=O)Nc1cc(-c2cn3ncnc3cn2)c(C(F)(F)F)cn1. The molecule has 2 fully saturated rings. The number of alkyl halides is 3. The summed E-state index contributed by atoms with van der Waals surface area (Å²) in [5.74, 6) is 0.459. The van der Waals surface area contributed by atoms with E-state index in [0.29, 0.717) is 17.8 Å². The van der Waals surface area contributed by atoms with Gasteiger partial charge < -0.3 is 9.64 Å². The van der Waals surface area contributed by atoms with Gasteiger partial charge in [-0.2, -0.15) is 18.3 Å². The molecule has 3 aromatic rings. The molecule has 0 spiro atoms. The summed E-state index contributed by atoms with van der Waals surface area (Å²) in [7, 11) is 1.62. The van der Waals surface area contributed by atoms with Gasteiger partial charge >= 0.3 is 12.2 Å². The third-order valence-corrected chi connectivity index (χ3v) is 7.02. The highest BCUT2D eigenvalue weighted by Crippen LogP contribution is 2.52. The predicted molar refractivity (Wildman–Crippen MR) is 116 cm³/mol. The Morgan fingerprint density at radius 3 is 2.79 bits per heavy atom. The third kappa shape index (κ3) is 3.56. The van der Waals surface area contributed by atoms with Gasteiger partial charge in [0.05, 0.1) is 35.3 Å². The highest BCUT2D eigenvalue weighted by Gasteiger charge is 2.61. The van der Waals surface area contributed by atoms with Gasteiger partial charge in [0.25, 0.3) is 0 Å². The molecule has 1 aliphatic heterocycles. The number of amides is 2. The van der Waals surface area contributed by atoms with Gasteiger partial charge in [0, 0.05) is 24.9 Å². The Labute approximate surface area is 193 Å². The van der Waals surface area contributed by atoms with E-state index in [-0.39, 0.29) is 29.2 Å². The van der Waals surface area contributed by atoms with E-state index in [4.69, 9.17) is 4.74 Å². The number of urea groups is 1. The van der Waals surface area contributed by atoms with Crippen LogP contribution in [-0.4, -0.2) is 60.3 Å². The lowest BCUT2D eigenvalue weighted by Crippen LogP contribution is -2.76. The molecule has 2 aliphatic rings. The van der Waals surface area contributed by atoms with E-state index in [1.54, 1.807) is 12.0 Å². The number of nitrogens with one attached hydrogen (secondary N) is 1. The Bertz CT molecular complexity index is 1250. The van der Waals surface area contributed by atoms with Gasteiger partial charge in [-0.05, 0) is 38.2 Å². The number of methoxy groups -OCH3 is 1. The summed E-state index contributed by atoms with van der Waals surface area (Å²) in [5.41, 5.74) is -1.18. The fourth-order valence-electron chi connectivity index (χ4n) is 5.48. The zero-order valence-corrected chi connectivity index (χ0v) is 18.9. The van der Waals surface area contributed by atoms with E-state index in [9.17, 15) is 18.0 Å². The molecule has 5 rings (SSSR count). The first-order valence-electron chi connectivity index (χ1n) is 11.0. The zero-order chi connectivity index (χ0) is 24.3. The number of likely N-dealkylation sites (tertiary alicyclic amines) is 1. The van der Waals surface area contributed by atoms with E-state index < -0.39 is 23.3 Å². The van der Waals surface area contributed by atoms with Crippen LogP contribution in [0.2, 0.25) is 0 Å². The second kappa shape index (κ2) is 7.90. The van der Waals surface area contributed by atoms with Crippen LogP contribution >= 0.6 is 0 Å². The first-order valence-corrected chi connectivity index (χ1v) is 11.0. The highest BCUT2D eigenvalue weighted by atomic mass is 19.4. The minimum absolute atomic E-state index is 0.00623. The molecule has 0 unspecified atom stereocenters. The van der Waals surface area contributed by atoms with Gasteiger partial charge in [-0.3, -0.25) is 10.3 Å². The van der Waals surface area contributed by atoms with Crippen LogP contribution < -0.4 is 5.32 Å². The minimum Gasteiger partial charge on any atom is -0.379 e. The maximum absolute atomic E-state index is 13.7.